The summed E-state index contributed by atoms with van der Waals surface area (Å²) < 4.78 is 9.88. The molecule has 80 valence electrons. The molecule has 1 atom stereocenters. The maximum Gasteiger partial charge on any atom is 0.249 e. The molecule has 14 heavy (non-hydrogen) atoms. The average molecular weight is 199 g/mol. The molecule has 0 aliphatic carbocycles. The van der Waals surface area contributed by atoms with Crippen molar-refractivity contribution in [2.75, 3.05) is 27.4 Å². The van der Waals surface area contributed by atoms with E-state index >= 15 is 0 Å². The summed E-state index contributed by atoms with van der Waals surface area (Å²) in [6, 6.07) is 0.0302. The topological polar surface area (TPSA) is 38.8 Å². The Hall–Kier alpha value is -1.03. The number of likely N-dealkylation sites (tertiary alicyclic amines) is 1. The Kier molecular flexibility index (Phi) is 3.95. The van der Waals surface area contributed by atoms with E-state index in [2.05, 4.69) is 6.58 Å². The van der Waals surface area contributed by atoms with Crippen molar-refractivity contribution in [2.24, 2.45) is 0 Å². The average Bonchev–Trinajstić information content (AvgIpc) is 2.65. The van der Waals surface area contributed by atoms with E-state index < -0.39 is 0 Å². The highest BCUT2D eigenvalue weighted by atomic mass is 16.5. The van der Waals surface area contributed by atoms with Gasteiger partial charge < -0.3 is 14.4 Å². The minimum Gasteiger partial charge on any atom is -0.500 e. The number of hydrogen-bond donors (Lipinski definition) is 0. The van der Waals surface area contributed by atoms with Crippen molar-refractivity contribution in [2.45, 2.75) is 18.9 Å². The summed E-state index contributed by atoms with van der Waals surface area (Å²) in [6.45, 7) is 4.70. The van der Waals surface area contributed by atoms with Crippen LogP contribution in [-0.4, -0.2) is 44.2 Å². The molecule has 0 saturated carbocycles. The van der Waals surface area contributed by atoms with Crippen molar-refractivity contribution in [3.63, 3.8) is 0 Å². The Bertz CT molecular complexity index is 227. The van der Waals surface area contributed by atoms with Crippen LogP contribution in [0.2, 0.25) is 0 Å². The first-order valence-corrected chi connectivity index (χ1v) is 4.72. The maximum atomic E-state index is 11.6. The summed E-state index contributed by atoms with van der Waals surface area (Å²) in [6.07, 6.45) is 1.94. The fraction of sp³-hybridized carbons (Fsp3) is 0.700. The monoisotopic (exact) mass is 199 g/mol. The molecule has 1 aliphatic heterocycles. The fourth-order valence-electron chi connectivity index (χ4n) is 1.74. The van der Waals surface area contributed by atoms with Crippen LogP contribution in [0.4, 0.5) is 0 Å². The third-order valence-electron chi connectivity index (χ3n) is 2.47. The molecule has 0 N–H and O–H groups in total. The normalized spacial score (nSPS) is 21.0. The van der Waals surface area contributed by atoms with Crippen LogP contribution in [-0.2, 0) is 14.3 Å². The molecule has 1 aliphatic rings. The molecule has 0 radical (unpaired) electrons. The van der Waals surface area contributed by atoms with Gasteiger partial charge in [0.2, 0.25) is 5.91 Å². The van der Waals surface area contributed by atoms with Gasteiger partial charge in [0.1, 0.15) is 12.4 Å². The second kappa shape index (κ2) is 5.00. The summed E-state index contributed by atoms with van der Waals surface area (Å²) >= 11 is 0. The Morgan fingerprint density at radius 3 is 2.86 bits per heavy atom. The van der Waals surface area contributed by atoms with E-state index in [0.717, 1.165) is 19.4 Å². The first kappa shape index (κ1) is 11.0. The van der Waals surface area contributed by atoms with E-state index in [1.165, 1.54) is 7.11 Å². The molecule has 1 saturated heterocycles. The van der Waals surface area contributed by atoms with Crippen molar-refractivity contribution in [1.82, 2.24) is 4.90 Å². The molecule has 1 amide bonds. The smallest absolute Gasteiger partial charge is 0.249 e. The van der Waals surface area contributed by atoms with Crippen molar-refractivity contribution in [3.8, 4) is 0 Å². The molecular formula is C10H17NO3. The van der Waals surface area contributed by atoms with Gasteiger partial charge in [-0.3, -0.25) is 4.79 Å². The fourth-order valence-corrected chi connectivity index (χ4v) is 1.74. The zero-order chi connectivity index (χ0) is 10.6. The standard InChI is InChI=1S/C10H17NO3/c1-8(14-3)9-5-4-6-11(9)10(12)7-13-2/h9H,1,4-7H2,2-3H3. The number of carbonyl (C=O) groups excluding carboxylic acids is 1. The Morgan fingerprint density at radius 1 is 1.57 bits per heavy atom. The van der Waals surface area contributed by atoms with Crippen LogP contribution in [0.3, 0.4) is 0 Å². The molecule has 1 unspecified atom stereocenters. The van der Waals surface area contributed by atoms with Crippen LogP contribution in [0, 0.1) is 0 Å². The third kappa shape index (κ3) is 2.26. The number of hydrogen-bond acceptors (Lipinski definition) is 3. The lowest BCUT2D eigenvalue weighted by Crippen LogP contribution is -2.38. The SMILES string of the molecule is C=C(OC)C1CCCN1C(=O)COC. The van der Waals surface area contributed by atoms with Gasteiger partial charge in [-0.05, 0) is 12.8 Å². The lowest BCUT2D eigenvalue weighted by atomic mass is 10.2. The van der Waals surface area contributed by atoms with Gasteiger partial charge in [-0.1, -0.05) is 6.58 Å². The third-order valence-corrected chi connectivity index (χ3v) is 2.47. The summed E-state index contributed by atoms with van der Waals surface area (Å²) in [5.74, 6) is 0.667. The van der Waals surface area contributed by atoms with Crippen LogP contribution >= 0.6 is 0 Å². The highest BCUT2D eigenvalue weighted by Crippen LogP contribution is 2.23. The van der Waals surface area contributed by atoms with Gasteiger partial charge in [-0.15, -0.1) is 0 Å². The van der Waals surface area contributed by atoms with E-state index in [-0.39, 0.29) is 18.6 Å². The first-order valence-electron chi connectivity index (χ1n) is 4.72. The molecule has 1 heterocycles. The van der Waals surface area contributed by atoms with Crippen LogP contribution in [0.1, 0.15) is 12.8 Å². The highest BCUT2D eigenvalue weighted by molar-refractivity contribution is 5.78. The minimum atomic E-state index is 0.00759. The molecular weight excluding hydrogens is 182 g/mol. The zero-order valence-electron chi connectivity index (χ0n) is 8.78. The van der Waals surface area contributed by atoms with E-state index in [1.807, 2.05) is 0 Å². The largest absolute Gasteiger partial charge is 0.500 e. The molecule has 0 aromatic rings. The van der Waals surface area contributed by atoms with Crippen molar-refractivity contribution >= 4 is 5.91 Å². The van der Waals surface area contributed by atoms with Crippen LogP contribution in [0.15, 0.2) is 12.3 Å². The lowest BCUT2D eigenvalue weighted by molar-refractivity contribution is -0.135. The number of methoxy groups -OCH3 is 2. The second-order valence-corrected chi connectivity index (χ2v) is 3.35. The molecule has 4 heteroatoms. The number of rotatable bonds is 4. The minimum absolute atomic E-state index is 0.00759. The summed E-state index contributed by atoms with van der Waals surface area (Å²) in [4.78, 5) is 13.4. The van der Waals surface area contributed by atoms with E-state index in [4.69, 9.17) is 9.47 Å². The Labute approximate surface area is 84.5 Å². The van der Waals surface area contributed by atoms with Gasteiger partial charge in [0.15, 0.2) is 0 Å². The number of carbonyl (C=O) groups is 1. The summed E-state index contributed by atoms with van der Waals surface area (Å²) in [5, 5.41) is 0. The molecule has 0 bridgehead atoms. The molecule has 4 nitrogen and oxygen atoms in total. The Balaban J connectivity index is 2.59. The van der Waals surface area contributed by atoms with Crippen molar-refractivity contribution < 1.29 is 14.3 Å². The number of nitrogens with zero attached hydrogens (tertiary/aromatic N) is 1. The molecule has 1 fully saturated rings. The molecule has 0 spiro atoms. The van der Waals surface area contributed by atoms with Gasteiger partial charge >= 0.3 is 0 Å². The van der Waals surface area contributed by atoms with Crippen LogP contribution in [0.5, 0.6) is 0 Å². The van der Waals surface area contributed by atoms with E-state index in [1.54, 1.807) is 12.0 Å². The van der Waals surface area contributed by atoms with Gasteiger partial charge in [0.05, 0.1) is 13.2 Å². The molecule has 0 aromatic carbocycles. The summed E-state index contributed by atoms with van der Waals surface area (Å²) in [5.41, 5.74) is 0. The zero-order valence-corrected chi connectivity index (χ0v) is 8.78. The molecule has 1 rings (SSSR count). The first-order chi connectivity index (χ1) is 6.70. The van der Waals surface area contributed by atoms with Crippen molar-refractivity contribution in [3.05, 3.63) is 12.3 Å². The van der Waals surface area contributed by atoms with Crippen LogP contribution < -0.4 is 0 Å². The maximum absolute atomic E-state index is 11.6. The van der Waals surface area contributed by atoms with Gasteiger partial charge in [-0.25, -0.2) is 0 Å². The second-order valence-electron chi connectivity index (χ2n) is 3.35. The number of ether oxygens (including phenoxy) is 2. The van der Waals surface area contributed by atoms with Crippen molar-refractivity contribution in [1.29, 1.82) is 0 Å². The number of amides is 1. The highest BCUT2D eigenvalue weighted by Gasteiger charge is 2.30. The summed E-state index contributed by atoms with van der Waals surface area (Å²) in [7, 11) is 3.10. The van der Waals surface area contributed by atoms with Gasteiger partial charge in [0.25, 0.3) is 0 Å². The Morgan fingerprint density at radius 2 is 2.29 bits per heavy atom. The van der Waals surface area contributed by atoms with Crippen LogP contribution in [0.25, 0.3) is 0 Å². The van der Waals surface area contributed by atoms with Gasteiger partial charge in [0, 0.05) is 13.7 Å². The van der Waals surface area contributed by atoms with E-state index in [0.29, 0.717) is 5.76 Å². The predicted octanol–water partition coefficient (Wildman–Crippen LogP) is 0.784. The lowest BCUT2D eigenvalue weighted by Gasteiger charge is -2.25. The van der Waals surface area contributed by atoms with Gasteiger partial charge in [-0.2, -0.15) is 0 Å². The molecule has 0 aromatic heterocycles. The predicted molar refractivity (Wildman–Crippen MR) is 52.8 cm³/mol. The quantitative estimate of drug-likeness (QED) is 0.628. The van der Waals surface area contributed by atoms with E-state index in [9.17, 15) is 4.79 Å².